The zero-order chi connectivity index (χ0) is 20.5. The van der Waals surface area contributed by atoms with Crippen molar-refractivity contribution in [2.45, 2.75) is 32.4 Å². The van der Waals surface area contributed by atoms with Gasteiger partial charge in [-0.15, -0.1) is 0 Å². The summed E-state index contributed by atoms with van der Waals surface area (Å²) in [4.78, 5) is 38.0. The number of carbonyl (C=O) groups excluding carboxylic acids is 2. The average molecular weight is 382 g/mol. The monoisotopic (exact) mass is 382 g/mol. The maximum Gasteiger partial charge on any atom is 0.335 e. The van der Waals surface area contributed by atoms with Crippen LogP contribution in [0.1, 0.15) is 42.7 Å². The first-order chi connectivity index (χ1) is 13.2. The zero-order valence-corrected chi connectivity index (χ0v) is 15.9. The Morgan fingerprint density at radius 3 is 2.50 bits per heavy atom. The highest BCUT2D eigenvalue weighted by Crippen LogP contribution is 2.38. The number of aromatic carboxylic acids is 1. The number of carboxylic acids is 1. The molecule has 0 radical (unpaired) electrons. The van der Waals surface area contributed by atoms with E-state index in [-0.39, 0.29) is 35.7 Å². The number of rotatable bonds is 5. The number of nitrogens with zero attached hydrogens (tertiary/aromatic N) is 1. The molecule has 1 unspecified atom stereocenters. The minimum atomic E-state index is -1.21. The molecule has 1 aliphatic heterocycles. The van der Waals surface area contributed by atoms with E-state index in [1.807, 2.05) is 37.3 Å². The van der Waals surface area contributed by atoms with Gasteiger partial charge in [-0.05, 0) is 44.5 Å². The van der Waals surface area contributed by atoms with Crippen molar-refractivity contribution in [1.29, 1.82) is 0 Å². The van der Waals surface area contributed by atoms with Gasteiger partial charge in [-0.3, -0.25) is 14.5 Å². The molecule has 0 bridgehead atoms. The second-order valence-electron chi connectivity index (χ2n) is 7.19. The number of fused-ring (bicyclic) bond motifs is 1. The summed E-state index contributed by atoms with van der Waals surface area (Å²) < 4.78 is 5.70. The summed E-state index contributed by atoms with van der Waals surface area (Å²) in [5.74, 6) is -1.53. The van der Waals surface area contributed by atoms with Crippen LogP contribution in [0.2, 0.25) is 0 Å². The zero-order valence-electron chi connectivity index (χ0n) is 15.9. The summed E-state index contributed by atoms with van der Waals surface area (Å²) in [6.45, 7) is 4.85. The van der Waals surface area contributed by atoms with Crippen LogP contribution < -0.4 is 15.0 Å². The number of ether oxygens (including phenoxy) is 1. The van der Waals surface area contributed by atoms with E-state index in [4.69, 9.17) is 4.74 Å². The third-order valence-electron chi connectivity index (χ3n) is 4.60. The van der Waals surface area contributed by atoms with Crippen molar-refractivity contribution >= 4 is 23.5 Å². The molecule has 0 saturated heterocycles. The van der Waals surface area contributed by atoms with Crippen molar-refractivity contribution in [3.8, 4) is 5.75 Å². The Hall–Kier alpha value is -3.35. The van der Waals surface area contributed by atoms with E-state index >= 15 is 0 Å². The first-order valence-electron chi connectivity index (χ1n) is 8.91. The number of anilines is 1. The fourth-order valence-electron chi connectivity index (χ4n) is 3.12. The maximum atomic E-state index is 12.8. The van der Waals surface area contributed by atoms with E-state index in [2.05, 4.69) is 5.32 Å². The van der Waals surface area contributed by atoms with E-state index in [9.17, 15) is 19.5 Å². The van der Waals surface area contributed by atoms with Gasteiger partial charge in [-0.25, -0.2) is 4.79 Å². The molecular weight excluding hydrogens is 360 g/mol. The molecule has 0 saturated carbocycles. The Morgan fingerprint density at radius 1 is 1.18 bits per heavy atom. The summed E-state index contributed by atoms with van der Waals surface area (Å²) in [6, 6.07) is 13.5. The third-order valence-corrected chi connectivity index (χ3v) is 4.60. The van der Waals surface area contributed by atoms with Crippen LogP contribution in [0, 0.1) is 0 Å². The van der Waals surface area contributed by atoms with Crippen LogP contribution in [0.3, 0.4) is 0 Å². The Balaban J connectivity index is 1.83. The summed E-state index contributed by atoms with van der Waals surface area (Å²) in [5.41, 5.74) is 0.161. The van der Waals surface area contributed by atoms with E-state index in [1.165, 1.54) is 23.1 Å². The van der Waals surface area contributed by atoms with Gasteiger partial charge in [0.2, 0.25) is 5.91 Å². The van der Waals surface area contributed by atoms with Gasteiger partial charge >= 0.3 is 5.97 Å². The van der Waals surface area contributed by atoms with Crippen molar-refractivity contribution in [3.05, 3.63) is 59.7 Å². The third kappa shape index (κ3) is 3.83. The molecule has 7 nitrogen and oxygen atoms in total. The first kappa shape index (κ1) is 19.4. The molecule has 1 heterocycles. The number of hydrogen-bond donors (Lipinski definition) is 2. The quantitative estimate of drug-likeness (QED) is 0.829. The molecule has 0 aliphatic carbocycles. The van der Waals surface area contributed by atoms with Crippen molar-refractivity contribution in [3.63, 3.8) is 0 Å². The van der Waals surface area contributed by atoms with E-state index in [0.29, 0.717) is 5.69 Å². The van der Waals surface area contributed by atoms with Gasteiger partial charge in [0, 0.05) is 0 Å². The molecule has 1 atom stereocenters. The molecular formula is C21H22N2O5. The normalized spacial score (nSPS) is 16.0. The molecule has 2 N–H and O–H groups in total. The van der Waals surface area contributed by atoms with Crippen molar-refractivity contribution in [2.75, 3.05) is 11.4 Å². The number of amides is 2. The minimum absolute atomic E-state index is 0.0472. The largest absolute Gasteiger partial charge is 0.478 e. The summed E-state index contributed by atoms with van der Waals surface area (Å²) in [6.07, 6.45) is 0. The molecule has 2 amide bonds. The van der Waals surface area contributed by atoms with Crippen molar-refractivity contribution < 1.29 is 24.2 Å². The smallest absolute Gasteiger partial charge is 0.335 e. The van der Waals surface area contributed by atoms with Crippen LogP contribution in [-0.4, -0.2) is 35.0 Å². The molecule has 28 heavy (non-hydrogen) atoms. The van der Waals surface area contributed by atoms with Gasteiger partial charge in [0.1, 0.15) is 12.3 Å². The standard InChI is InChI=1S/C21H22N2O5/c1-13(14-7-5-4-6-8-14)22-18(24)12-23-16-10-9-15(19(25)26)11-17(16)28-21(2,3)20(23)27/h4-11,13H,12H2,1-3H3,(H,22,24)(H,25,26). The Morgan fingerprint density at radius 2 is 1.86 bits per heavy atom. The highest BCUT2D eigenvalue weighted by Gasteiger charge is 2.41. The van der Waals surface area contributed by atoms with E-state index in [1.54, 1.807) is 13.8 Å². The Labute approximate surface area is 162 Å². The van der Waals surface area contributed by atoms with Crippen LogP contribution in [0.4, 0.5) is 5.69 Å². The average Bonchev–Trinajstić information content (AvgIpc) is 2.65. The SMILES string of the molecule is CC(NC(=O)CN1C(=O)C(C)(C)Oc2cc(C(=O)O)ccc21)c1ccccc1. The molecule has 1 aliphatic rings. The van der Waals surface area contributed by atoms with Crippen LogP contribution in [0.5, 0.6) is 5.75 Å². The van der Waals surface area contributed by atoms with E-state index < -0.39 is 11.6 Å². The topological polar surface area (TPSA) is 95.9 Å². The minimum Gasteiger partial charge on any atom is -0.478 e. The highest BCUT2D eigenvalue weighted by atomic mass is 16.5. The van der Waals surface area contributed by atoms with Gasteiger partial charge in [0.05, 0.1) is 17.3 Å². The number of benzene rings is 2. The lowest BCUT2D eigenvalue weighted by Gasteiger charge is -2.38. The molecule has 0 spiro atoms. The second kappa shape index (κ2) is 7.34. The Kier molecular flexibility index (Phi) is 5.09. The van der Waals surface area contributed by atoms with Gasteiger partial charge in [-0.1, -0.05) is 30.3 Å². The fourth-order valence-corrected chi connectivity index (χ4v) is 3.12. The number of hydrogen-bond acceptors (Lipinski definition) is 4. The second-order valence-corrected chi connectivity index (χ2v) is 7.19. The summed E-state index contributed by atoms with van der Waals surface area (Å²) in [5, 5.41) is 12.1. The summed E-state index contributed by atoms with van der Waals surface area (Å²) in [7, 11) is 0. The molecule has 146 valence electrons. The van der Waals surface area contributed by atoms with Crippen molar-refractivity contribution in [1.82, 2.24) is 5.32 Å². The molecule has 2 aromatic carbocycles. The van der Waals surface area contributed by atoms with Gasteiger partial charge in [-0.2, -0.15) is 0 Å². The lowest BCUT2D eigenvalue weighted by molar-refractivity contribution is -0.134. The lowest BCUT2D eigenvalue weighted by atomic mass is 10.0. The lowest BCUT2D eigenvalue weighted by Crippen LogP contribution is -2.55. The molecule has 0 fully saturated rings. The predicted octanol–water partition coefficient (Wildman–Crippen LogP) is 2.77. The van der Waals surface area contributed by atoms with Crippen LogP contribution in [-0.2, 0) is 9.59 Å². The van der Waals surface area contributed by atoms with Crippen molar-refractivity contribution in [2.24, 2.45) is 0 Å². The van der Waals surface area contributed by atoms with Crippen LogP contribution in [0.25, 0.3) is 0 Å². The number of carbonyl (C=O) groups is 3. The predicted molar refractivity (Wildman–Crippen MR) is 103 cm³/mol. The molecule has 2 aromatic rings. The van der Waals surface area contributed by atoms with Gasteiger partial charge in [0.15, 0.2) is 5.60 Å². The number of nitrogens with one attached hydrogen (secondary N) is 1. The first-order valence-corrected chi connectivity index (χ1v) is 8.91. The fraction of sp³-hybridized carbons (Fsp3) is 0.286. The Bertz CT molecular complexity index is 924. The van der Waals surface area contributed by atoms with Gasteiger partial charge < -0.3 is 15.2 Å². The maximum absolute atomic E-state index is 12.8. The van der Waals surface area contributed by atoms with Gasteiger partial charge in [0.25, 0.3) is 5.91 Å². The highest BCUT2D eigenvalue weighted by molar-refractivity contribution is 6.06. The van der Waals surface area contributed by atoms with Crippen LogP contribution >= 0.6 is 0 Å². The molecule has 0 aromatic heterocycles. The number of carboxylic acid groups (broad SMARTS) is 1. The van der Waals surface area contributed by atoms with Crippen LogP contribution in [0.15, 0.2) is 48.5 Å². The summed E-state index contributed by atoms with van der Waals surface area (Å²) >= 11 is 0. The molecule has 3 rings (SSSR count). The van der Waals surface area contributed by atoms with E-state index in [0.717, 1.165) is 5.56 Å². The molecule has 7 heteroatoms.